The number of hydrogen-bond donors (Lipinski definition) is 1. The second-order valence-corrected chi connectivity index (χ2v) is 7.91. The number of nitrogens with one attached hydrogen (secondary N) is 1. The number of benzene rings is 3. The number of rotatable bonds is 6. The Labute approximate surface area is 182 Å². The zero-order valence-electron chi connectivity index (χ0n) is 16.4. The highest BCUT2D eigenvalue weighted by Crippen LogP contribution is 2.34. The summed E-state index contributed by atoms with van der Waals surface area (Å²) in [5, 5.41) is 3.52. The third-order valence-electron chi connectivity index (χ3n) is 4.89. The van der Waals surface area contributed by atoms with Crippen LogP contribution in [0.1, 0.15) is 5.56 Å². The number of ether oxygens (including phenoxy) is 2. The Morgan fingerprint density at radius 3 is 2.77 bits per heavy atom. The Balaban J connectivity index is 1.34. The van der Waals surface area contributed by atoms with Crippen LogP contribution in [0.15, 0.2) is 71.9 Å². The van der Waals surface area contributed by atoms with E-state index in [0.29, 0.717) is 34.5 Å². The van der Waals surface area contributed by atoms with Gasteiger partial charge in [-0.05, 0) is 30.3 Å². The fourth-order valence-electron chi connectivity index (χ4n) is 3.41. The largest absolute Gasteiger partial charge is 0.454 e. The van der Waals surface area contributed by atoms with E-state index >= 15 is 0 Å². The second kappa shape index (κ2) is 8.31. The normalized spacial score (nSPS) is 12.3. The van der Waals surface area contributed by atoms with E-state index in [1.807, 2.05) is 34.9 Å². The van der Waals surface area contributed by atoms with E-state index < -0.39 is 0 Å². The van der Waals surface area contributed by atoms with Crippen LogP contribution >= 0.6 is 11.8 Å². The maximum Gasteiger partial charge on any atom is 0.234 e. The molecule has 1 N–H and O–H groups in total. The van der Waals surface area contributed by atoms with Gasteiger partial charge in [-0.2, -0.15) is 0 Å². The number of hydrogen-bond acceptors (Lipinski definition) is 5. The Kier molecular flexibility index (Phi) is 5.21. The van der Waals surface area contributed by atoms with E-state index in [2.05, 4.69) is 10.3 Å². The predicted octanol–water partition coefficient (Wildman–Crippen LogP) is 4.68. The van der Waals surface area contributed by atoms with Crippen molar-refractivity contribution in [3.63, 3.8) is 0 Å². The molecule has 0 aliphatic carbocycles. The summed E-state index contributed by atoms with van der Waals surface area (Å²) in [5.41, 5.74) is 2.90. The number of aromatic nitrogens is 2. The highest BCUT2D eigenvalue weighted by Gasteiger charge is 2.16. The average Bonchev–Trinajstić information content (AvgIpc) is 3.38. The number of nitrogens with zero attached hydrogens (tertiary/aromatic N) is 2. The van der Waals surface area contributed by atoms with Gasteiger partial charge in [0, 0.05) is 17.3 Å². The molecule has 1 amide bonds. The first kappa shape index (κ1) is 19.4. The van der Waals surface area contributed by atoms with Gasteiger partial charge in [-0.15, -0.1) is 0 Å². The summed E-state index contributed by atoms with van der Waals surface area (Å²) in [6, 6.07) is 19.6. The molecule has 0 saturated heterocycles. The van der Waals surface area contributed by atoms with Crippen molar-refractivity contribution in [3.05, 3.63) is 78.1 Å². The number of imidazole rings is 1. The van der Waals surface area contributed by atoms with Crippen LogP contribution in [-0.2, 0) is 11.3 Å². The highest BCUT2D eigenvalue weighted by molar-refractivity contribution is 7.99. The number of thioether (sulfide) groups is 1. The van der Waals surface area contributed by atoms with Crippen LogP contribution in [0.4, 0.5) is 10.1 Å². The van der Waals surface area contributed by atoms with Crippen LogP contribution in [0.3, 0.4) is 0 Å². The molecule has 1 aliphatic rings. The lowest BCUT2D eigenvalue weighted by Gasteiger charge is -2.10. The summed E-state index contributed by atoms with van der Waals surface area (Å²) in [5.74, 6) is 0.992. The molecule has 156 valence electrons. The molecule has 1 aliphatic heterocycles. The minimum absolute atomic E-state index is 0.162. The minimum atomic E-state index is -0.267. The monoisotopic (exact) mass is 435 g/mol. The molecule has 6 nitrogen and oxygen atoms in total. The smallest absolute Gasteiger partial charge is 0.234 e. The number of halogens is 1. The van der Waals surface area contributed by atoms with Gasteiger partial charge in [0.1, 0.15) is 5.82 Å². The number of para-hydroxylation sites is 2. The van der Waals surface area contributed by atoms with Gasteiger partial charge in [0.25, 0.3) is 0 Å². The Bertz CT molecular complexity index is 1270. The maximum atomic E-state index is 14.2. The maximum absolute atomic E-state index is 14.2. The SMILES string of the molecule is O=C(CSc1nc2ccccc2n1Cc1ccccc1F)Nc1ccc2c(c1)OCO2. The Morgan fingerprint density at radius 1 is 1.06 bits per heavy atom. The highest BCUT2D eigenvalue weighted by atomic mass is 32.2. The molecular formula is C23H18FN3O3S. The van der Waals surface area contributed by atoms with Gasteiger partial charge < -0.3 is 19.4 Å². The molecular weight excluding hydrogens is 417 g/mol. The lowest BCUT2D eigenvalue weighted by molar-refractivity contribution is -0.113. The van der Waals surface area contributed by atoms with Crippen molar-refractivity contribution in [1.29, 1.82) is 0 Å². The molecule has 0 unspecified atom stereocenters. The molecule has 4 aromatic rings. The Morgan fingerprint density at radius 2 is 1.87 bits per heavy atom. The molecule has 0 atom stereocenters. The van der Waals surface area contributed by atoms with E-state index in [9.17, 15) is 9.18 Å². The number of carbonyl (C=O) groups is 1. The minimum Gasteiger partial charge on any atom is -0.454 e. The lowest BCUT2D eigenvalue weighted by atomic mass is 10.2. The van der Waals surface area contributed by atoms with Crippen LogP contribution in [0.25, 0.3) is 11.0 Å². The zero-order chi connectivity index (χ0) is 21.2. The predicted molar refractivity (Wildman–Crippen MR) is 117 cm³/mol. The molecule has 2 heterocycles. The zero-order valence-corrected chi connectivity index (χ0v) is 17.2. The molecule has 8 heteroatoms. The van der Waals surface area contributed by atoms with E-state index in [0.717, 1.165) is 11.0 Å². The van der Waals surface area contributed by atoms with Crippen molar-refractivity contribution in [2.75, 3.05) is 17.9 Å². The summed E-state index contributed by atoms with van der Waals surface area (Å²) in [4.78, 5) is 17.2. The first-order chi connectivity index (χ1) is 15.2. The van der Waals surface area contributed by atoms with Crippen molar-refractivity contribution < 1.29 is 18.7 Å². The van der Waals surface area contributed by atoms with Crippen LogP contribution in [-0.4, -0.2) is 28.0 Å². The fraction of sp³-hybridized carbons (Fsp3) is 0.130. The number of amides is 1. The Hall–Kier alpha value is -3.52. The van der Waals surface area contributed by atoms with Crippen molar-refractivity contribution in [3.8, 4) is 11.5 Å². The fourth-order valence-corrected chi connectivity index (χ4v) is 4.23. The number of carbonyl (C=O) groups excluding carboxylic acids is 1. The van der Waals surface area contributed by atoms with Crippen LogP contribution in [0.2, 0.25) is 0 Å². The van der Waals surface area contributed by atoms with Crippen molar-refractivity contribution in [2.24, 2.45) is 0 Å². The van der Waals surface area contributed by atoms with E-state index in [4.69, 9.17) is 9.47 Å². The average molecular weight is 435 g/mol. The third-order valence-corrected chi connectivity index (χ3v) is 5.87. The summed E-state index contributed by atoms with van der Waals surface area (Å²) in [7, 11) is 0. The molecule has 0 spiro atoms. The first-order valence-electron chi connectivity index (χ1n) is 9.68. The molecule has 0 bridgehead atoms. The van der Waals surface area contributed by atoms with Crippen molar-refractivity contribution in [2.45, 2.75) is 11.7 Å². The molecule has 0 fully saturated rings. The van der Waals surface area contributed by atoms with Gasteiger partial charge in [0.15, 0.2) is 16.7 Å². The van der Waals surface area contributed by atoms with Gasteiger partial charge in [0.2, 0.25) is 12.7 Å². The molecule has 0 radical (unpaired) electrons. The van der Waals surface area contributed by atoms with Gasteiger partial charge >= 0.3 is 0 Å². The molecule has 0 saturated carbocycles. The third kappa shape index (κ3) is 4.06. The summed E-state index contributed by atoms with van der Waals surface area (Å²) >= 11 is 1.31. The van der Waals surface area contributed by atoms with Crippen LogP contribution in [0.5, 0.6) is 11.5 Å². The number of fused-ring (bicyclic) bond motifs is 2. The molecule has 31 heavy (non-hydrogen) atoms. The van der Waals surface area contributed by atoms with Gasteiger partial charge in [-0.3, -0.25) is 4.79 Å². The van der Waals surface area contributed by atoms with Gasteiger partial charge in [-0.1, -0.05) is 42.1 Å². The molecule has 5 rings (SSSR count). The van der Waals surface area contributed by atoms with E-state index in [1.165, 1.54) is 17.8 Å². The van der Waals surface area contributed by atoms with Gasteiger partial charge in [-0.25, -0.2) is 9.37 Å². The standard InChI is InChI=1S/C23H18FN3O3S/c24-17-6-2-1-5-15(17)12-27-19-8-4-3-7-18(19)26-23(27)31-13-22(28)25-16-9-10-20-21(11-16)30-14-29-20/h1-11H,12-14H2,(H,25,28). The van der Waals surface area contributed by atoms with Crippen LogP contribution in [0, 0.1) is 5.82 Å². The molecule has 1 aromatic heterocycles. The summed E-state index contributed by atoms with van der Waals surface area (Å²) in [6.45, 7) is 0.514. The van der Waals surface area contributed by atoms with Crippen LogP contribution < -0.4 is 14.8 Å². The van der Waals surface area contributed by atoms with Crippen molar-refractivity contribution in [1.82, 2.24) is 9.55 Å². The second-order valence-electron chi connectivity index (χ2n) is 6.97. The quantitative estimate of drug-likeness (QED) is 0.446. The topological polar surface area (TPSA) is 65.4 Å². The first-order valence-corrected chi connectivity index (χ1v) is 10.7. The molecule has 3 aromatic carbocycles. The van der Waals surface area contributed by atoms with E-state index in [-0.39, 0.29) is 24.3 Å². The van der Waals surface area contributed by atoms with Gasteiger partial charge in [0.05, 0.1) is 23.3 Å². The van der Waals surface area contributed by atoms with Crippen molar-refractivity contribution >= 4 is 34.4 Å². The van der Waals surface area contributed by atoms with E-state index in [1.54, 1.807) is 30.3 Å². The lowest BCUT2D eigenvalue weighted by Crippen LogP contribution is -2.14. The summed E-state index contributed by atoms with van der Waals surface area (Å²) in [6.07, 6.45) is 0. The summed E-state index contributed by atoms with van der Waals surface area (Å²) < 4.78 is 26.8. The number of anilines is 1.